The quantitative estimate of drug-likeness (QED) is 0.403. The van der Waals surface area contributed by atoms with E-state index >= 15 is 0 Å². The number of nitrogens with one attached hydrogen (secondary N) is 1. The molecular weight excluding hydrogens is 478 g/mol. The van der Waals surface area contributed by atoms with Crippen molar-refractivity contribution in [2.45, 2.75) is 38.9 Å². The van der Waals surface area contributed by atoms with Gasteiger partial charge in [0.1, 0.15) is 11.5 Å². The average Bonchev–Trinajstić information content (AvgIpc) is 3.49. The average molecular weight is 504 g/mol. The largest absolute Gasteiger partial charge is 0.477 e. The Morgan fingerprint density at radius 1 is 1.29 bits per heavy atom. The number of hydrogen-bond donors (Lipinski definition) is 2. The number of pyridine rings is 1. The summed E-state index contributed by atoms with van der Waals surface area (Å²) in [6.45, 7) is 3.65. The van der Waals surface area contributed by atoms with Crippen LogP contribution in [0.15, 0.2) is 30.3 Å². The molecule has 7 nitrogen and oxygen atoms in total. The van der Waals surface area contributed by atoms with Crippen LogP contribution in [0, 0.1) is 17.7 Å². The number of thiol groups is 1. The molecule has 1 fully saturated rings. The van der Waals surface area contributed by atoms with Crippen LogP contribution in [-0.2, 0) is 28.4 Å². The second-order valence-electron chi connectivity index (χ2n) is 8.35. The maximum Gasteiger partial charge on any atom is 0.433 e. The molecule has 1 aromatic carbocycles. The Balaban J connectivity index is 1.71. The van der Waals surface area contributed by atoms with Crippen LogP contribution in [-0.4, -0.2) is 33.0 Å². The lowest BCUT2D eigenvalue weighted by Crippen LogP contribution is -2.28. The van der Waals surface area contributed by atoms with Gasteiger partial charge in [0, 0.05) is 19.2 Å². The Morgan fingerprint density at radius 3 is 2.53 bits per heavy atom. The molecule has 1 saturated carbocycles. The van der Waals surface area contributed by atoms with Gasteiger partial charge in [-0.3, -0.25) is 9.10 Å². The zero-order chi connectivity index (χ0) is 25.2. The molecule has 1 aromatic heterocycles. The molecule has 3 unspecified atom stereocenters. The summed E-state index contributed by atoms with van der Waals surface area (Å²) in [6, 6.07) is 5.79. The molecule has 1 aliphatic rings. The minimum Gasteiger partial charge on any atom is -0.477 e. The van der Waals surface area contributed by atoms with Crippen LogP contribution in [0.1, 0.15) is 43.0 Å². The number of alkyl halides is 3. The summed E-state index contributed by atoms with van der Waals surface area (Å²) in [5.41, 5.74) is -0.660. The van der Waals surface area contributed by atoms with E-state index in [1.165, 1.54) is 32.2 Å². The summed E-state index contributed by atoms with van der Waals surface area (Å²) < 4.78 is 82.0. The van der Waals surface area contributed by atoms with Crippen LogP contribution >= 0.6 is 0 Å². The van der Waals surface area contributed by atoms with E-state index in [-0.39, 0.29) is 36.2 Å². The van der Waals surface area contributed by atoms with Crippen molar-refractivity contribution in [2.24, 2.45) is 11.8 Å². The Labute approximate surface area is 196 Å². The third-order valence-corrected chi connectivity index (χ3v) is 6.56. The molecule has 0 spiro atoms. The van der Waals surface area contributed by atoms with E-state index in [2.05, 4.69) is 10.3 Å². The number of anilines is 1. The zero-order valence-electron chi connectivity index (χ0n) is 18.7. The van der Waals surface area contributed by atoms with Crippen LogP contribution in [0.25, 0.3) is 0 Å². The summed E-state index contributed by atoms with van der Waals surface area (Å²) in [6.07, 6.45) is -3.70. The van der Waals surface area contributed by atoms with Crippen molar-refractivity contribution in [1.82, 2.24) is 10.3 Å². The highest BCUT2D eigenvalue weighted by Gasteiger charge is 2.35. The molecule has 186 valence electrons. The topological polar surface area (TPSA) is 88.6 Å². The van der Waals surface area contributed by atoms with Gasteiger partial charge in [-0.15, -0.1) is 0 Å². The number of carbonyl (C=O) groups excluding carboxylic acids is 1. The molecule has 12 heteroatoms. The van der Waals surface area contributed by atoms with E-state index in [1.807, 2.05) is 6.92 Å². The van der Waals surface area contributed by atoms with E-state index < -0.39 is 40.4 Å². The van der Waals surface area contributed by atoms with Crippen LogP contribution in [0.4, 0.5) is 23.2 Å². The fourth-order valence-corrected chi connectivity index (χ4v) is 3.67. The molecule has 3 atom stereocenters. The van der Waals surface area contributed by atoms with Crippen molar-refractivity contribution in [3.05, 3.63) is 53.0 Å². The maximum absolute atomic E-state index is 14.3. The standard InChI is InChI=1S/C22H25F4N3O4S/c1-12-8-16(12)11-33-21-15(5-7-19(28-21)22(24,25)26)10-27-20(30)13(2)14-4-6-18(17(23)9-14)29(3)34(31)32/h4-7,9,12-13,16,34H,8,10-11H2,1-3H3,(H,27,30). The summed E-state index contributed by atoms with van der Waals surface area (Å²) >= 11 is 0. The van der Waals surface area contributed by atoms with Crippen molar-refractivity contribution < 1.29 is 35.5 Å². The van der Waals surface area contributed by atoms with Gasteiger partial charge in [-0.25, -0.2) is 17.8 Å². The maximum atomic E-state index is 14.3. The summed E-state index contributed by atoms with van der Waals surface area (Å²) in [4.78, 5) is 16.2. The first-order valence-corrected chi connectivity index (χ1v) is 11.7. The monoisotopic (exact) mass is 503 g/mol. The van der Waals surface area contributed by atoms with Crippen molar-refractivity contribution in [3.63, 3.8) is 0 Å². The van der Waals surface area contributed by atoms with E-state index in [1.54, 1.807) is 0 Å². The molecule has 0 bridgehead atoms. The number of nitrogens with zero attached hydrogens (tertiary/aromatic N) is 2. The fourth-order valence-electron chi connectivity index (χ4n) is 3.33. The lowest BCUT2D eigenvalue weighted by Gasteiger charge is -2.17. The van der Waals surface area contributed by atoms with Gasteiger partial charge in [0.25, 0.3) is 0 Å². The smallest absolute Gasteiger partial charge is 0.433 e. The minimum atomic E-state index is -4.63. The number of ether oxygens (including phenoxy) is 1. The molecule has 0 aliphatic heterocycles. The Morgan fingerprint density at radius 2 is 1.97 bits per heavy atom. The van der Waals surface area contributed by atoms with Crippen molar-refractivity contribution in [1.29, 1.82) is 0 Å². The normalized spacial score (nSPS) is 18.5. The Hall–Kier alpha value is -2.89. The predicted molar refractivity (Wildman–Crippen MR) is 117 cm³/mol. The van der Waals surface area contributed by atoms with Gasteiger partial charge in [0.15, 0.2) is 0 Å². The second kappa shape index (κ2) is 10.2. The molecule has 1 amide bonds. The number of amides is 1. The van der Waals surface area contributed by atoms with Gasteiger partial charge >= 0.3 is 6.18 Å². The molecule has 0 saturated heterocycles. The first kappa shape index (κ1) is 25.7. The Kier molecular flexibility index (Phi) is 7.69. The highest BCUT2D eigenvalue weighted by atomic mass is 32.2. The second-order valence-corrected chi connectivity index (χ2v) is 9.43. The summed E-state index contributed by atoms with van der Waals surface area (Å²) in [7, 11) is -1.82. The van der Waals surface area contributed by atoms with E-state index in [9.17, 15) is 30.8 Å². The van der Waals surface area contributed by atoms with Gasteiger partial charge in [0.2, 0.25) is 22.7 Å². The number of benzene rings is 1. The number of halogens is 4. The lowest BCUT2D eigenvalue weighted by atomic mass is 9.99. The number of carbonyl (C=O) groups is 1. The molecular formula is C22H25F4N3O4S. The van der Waals surface area contributed by atoms with Crippen molar-refractivity contribution >= 4 is 22.5 Å². The molecule has 34 heavy (non-hydrogen) atoms. The van der Waals surface area contributed by atoms with Crippen molar-refractivity contribution in [3.8, 4) is 5.88 Å². The van der Waals surface area contributed by atoms with Gasteiger partial charge in [-0.1, -0.05) is 13.0 Å². The zero-order valence-corrected chi connectivity index (χ0v) is 19.6. The fraction of sp³-hybridized carbons (Fsp3) is 0.455. The van der Waals surface area contributed by atoms with E-state index in [0.29, 0.717) is 11.5 Å². The van der Waals surface area contributed by atoms with Gasteiger partial charge < -0.3 is 10.1 Å². The number of aromatic nitrogens is 1. The molecule has 1 heterocycles. The number of rotatable bonds is 9. The van der Waals surface area contributed by atoms with Gasteiger partial charge in [-0.2, -0.15) is 13.2 Å². The van der Waals surface area contributed by atoms with E-state index in [4.69, 9.17) is 4.74 Å². The van der Waals surface area contributed by atoms with Crippen LogP contribution < -0.4 is 14.4 Å². The highest BCUT2D eigenvalue weighted by molar-refractivity contribution is 7.74. The highest BCUT2D eigenvalue weighted by Crippen LogP contribution is 2.38. The van der Waals surface area contributed by atoms with Gasteiger partial charge in [0.05, 0.1) is 18.2 Å². The molecule has 0 radical (unpaired) electrons. The van der Waals surface area contributed by atoms with E-state index in [0.717, 1.165) is 22.9 Å². The Bertz CT molecular complexity index is 1130. The van der Waals surface area contributed by atoms with Crippen LogP contribution in [0.5, 0.6) is 5.88 Å². The predicted octanol–water partition coefficient (Wildman–Crippen LogP) is 3.66. The van der Waals surface area contributed by atoms with Gasteiger partial charge in [-0.05, 0) is 55.0 Å². The molecule has 2 aromatic rings. The third kappa shape index (κ3) is 6.16. The van der Waals surface area contributed by atoms with Crippen LogP contribution in [0.3, 0.4) is 0 Å². The molecule has 3 rings (SSSR count). The lowest BCUT2D eigenvalue weighted by molar-refractivity contribution is -0.141. The van der Waals surface area contributed by atoms with Crippen molar-refractivity contribution in [2.75, 3.05) is 18.0 Å². The SMILES string of the molecule is CC(C(=O)NCc1ccc(C(F)(F)F)nc1OCC1CC1C)c1ccc(N(C)[SH](=O)=O)c(F)c1. The van der Waals surface area contributed by atoms with Crippen LogP contribution in [0.2, 0.25) is 0 Å². The number of hydrogen-bond acceptors (Lipinski definition) is 5. The summed E-state index contributed by atoms with van der Waals surface area (Å²) in [5, 5.41) is 2.61. The third-order valence-electron chi connectivity index (χ3n) is 5.85. The summed E-state index contributed by atoms with van der Waals surface area (Å²) in [5.74, 6) is -1.61. The first-order chi connectivity index (χ1) is 15.9. The first-order valence-electron chi connectivity index (χ1n) is 10.5. The minimum absolute atomic E-state index is 0.135. The molecule has 1 N–H and O–H groups in total. The molecule has 1 aliphatic carbocycles.